The van der Waals surface area contributed by atoms with E-state index in [-0.39, 0.29) is 24.0 Å². The largest absolute Gasteiger partial charge is 0.479 e. The summed E-state index contributed by atoms with van der Waals surface area (Å²) < 4.78 is 0. The van der Waals surface area contributed by atoms with E-state index in [9.17, 15) is 14.4 Å². The van der Waals surface area contributed by atoms with Crippen molar-refractivity contribution in [2.24, 2.45) is 0 Å². The number of aliphatic carboxylic acids is 1. The number of nitrogens with one attached hydrogen (secondary N) is 3. The van der Waals surface area contributed by atoms with E-state index in [1.165, 1.54) is 6.08 Å². The second-order valence-electron chi connectivity index (χ2n) is 5.49. The molecule has 22 heavy (non-hydrogen) atoms. The Balaban J connectivity index is 1.63. The summed E-state index contributed by atoms with van der Waals surface area (Å²) in [6, 6.07) is -0.722. The standard InChI is InChI=1S/C14H21N3O4S/c1-2-8(13(19)20)15-11(18)6-4-3-5-10-12-9(7-22-10)16-14(21)17-12/h2,8-10,12H,1,3-7H2,(H,15,18)(H,19,20)(H2,16,17,21)/t8?,9-,10-,12-/m0/s1. The third-order valence-electron chi connectivity index (χ3n) is 3.90. The van der Waals surface area contributed by atoms with E-state index in [0.717, 1.165) is 18.6 Å². The summed E-state index contributed by atoms with van der Waals surface area (Å²) in [5, 5.41) is 17.4. The summed E-state index contributed by atoms with van der Waals surface area (Å²) in [6.07, 6.45) is 4.01. The number of urea groups is 1. The van der Waals surface area contributed by atoms with Crippen LogP contribution in [0.2, 0.25) is 0 Å². The van der Waals surface area contributed by atoms with Crippen LogP contribution in [0.15, 0.2) is 12.7 Å². The van der Waals surface area contributed by atoms with Crippen LogP contribution in [-0.4, -0.2) is 52.1 Å². The lowest BCUT2D eigenvalue weighted by molar-refractivity contribution is -0.140. The van der Waals surface area contributed by atoms with Crippen molar-refractivity contribution in [3.05, 3.63) is 12.7 Å². The molecular formula is C14H21N3O4S. The first kappa shape index (κ1) is 16.7. The Morgan fingerprint density at radius 3 is 2.91 bits per heavy atom. The molecule has 7 nitrogen and oxygen atoms in total. The molecule has 2 aliphatic rings. The summed E-state index contributed by atoms with van der Waals surface area (Å²) in [6.45, 7) is 3.38. The second kappa shape index (κ2) is 7.53. The first-order valence-electron chi connectivity index (χ1n) is 7.34. The predicted octanol–water partition coefficient (Wildman–Crippen LogP) is 0.468. The molecule has 0 aromatic carbocycles. The first-order chi connectivity index (χ1) is 10.5. The van der Waals surface area contributed by atoms with Gasteiger partial charge in [-0.2, -0.15) is 11.8 Å². The molecule has 2 fully saturated rings. The molecule has 0 aromatic heterocycles. The highest BCUT2D eigenvalue weighted by Crippen LogP contribution is 2.33. The summed E-state index contributed by atoms with van der Waals surface area (Å²) in [5.74, 6) is -0.463. The highest BCUT2D eigenvalue weighted by Gasteiger charge is 2.42. The van der Waals surface area contributed by atoms with Crippen LogP contribution in [0.5, 0.6) is 0 Å². The van der Waals surface area contributed by atoms with E-state index in [0.29, 0.717) is 18.1 Å². The Labute approximate surface area is 133 Å². The van der Waals surface area contributed by atoms with Gasteiger partial charge >= 0.3 is 12.0 Å². The van der Waals surface area contributed by atoms with Crippen molar-refractivity contribution in [2.45, 2.75) is 49.1 Å². The second-order valence-corrected chi connectivity index (χ2v) is 6.76. The number of hydrogen-bond donors (Lipinski definition) is 4. The molecule has 2 saturated heterocycles. The lowest BCUT2D eigenvalue weighted by Gasteiger charge is -2.16. The number of hydrogen-bond acceptors (Lipinski definition) is 4. The van der Waals surface area contributed by atoms with E-state index in [1.54, 1.807) is 0 Å². The minimum Gasteiger partial charge on any atom is -0.479 e. The number of rotatable bonds is 8. The quantitative estimate of drug-likeness (QED) is 0.294. The molecule has 2 aliphatic heterocycles. The molecule has 1 unspecified atom stereocenters. The molecular weight excluding hydrogens is 306 g/mol. The average molecular weight is 327 g/mol. The van der Waals surface area contributed by atoms with Gasteiger partial charge in [-0.05, 0) is 12.8 Å². The van der Waals surface area contributed by atoms with Crippen molar-refractivity contribution in [3.63, 3.8) is 0 Å². The van der Waals surface area contributed by atoms with Crippen LogP contribution in [0.4, 0.5) is 4.79 Å². The van der Waals surface area contributed by atoms with E-state index >= 15 is 0 Å². The summed E-state index contributed by atoms with van der Waals surface area (Å²) in [7, 11) is 0. The van der Waals surface area contributed by atoms with E-state index in [4.69, 9.17) is 5.11 Å². The molecule has 0 aliphatic carbocycles. The normalized spacial score (nSPS) is 27.5. The summed E-state index contributed by atoms with van der Waals surface area (Å²) >= 11 is 1.84. The maximum Gasteiger partial charge on any atom is 0.330 e. The number of carboxylic acids is 1. The van der Waals surface area contributed by atoms with Crippen molar-refractivity contribution in [2.75, 3.05) is 5.75 Å². The van der Waals surface area contributed by atoms with Crippen LogP contribution in [0, 0.1) is 0 Å². The number of carbonyl (C=O) groups is 3. The zero-order valence-corrected chi connectivity index (χ0v) is 13.0. The zero-order valence-electron chi connectivity index (χ0n) is 12.2. The zero-order chi connectivity index (χ0) is 16.1. The van der Waals surface area contributed by atoms with Gasteiger partial charge in [0, 0.05) is 17.4 Å². The molecule has 4 atom stereocenters. The fourth-order valence-electron chi connectivity index (χ4n) is 2.74. The SMILES string of the molecule is C=CC(NC(=O)CCCC[C@@H]1SC[C@@H]2NC(=O)N[C@@H]21)C(=O)O. The molecule has 0 radical (unpaired) electrons. The molecule has 0 saturated carbocycles. The van der Waals surface area contributed by atoms with Crippen molar-refractivity contribution < 1.29 is 19.5 Å². The summed E-state index contributed by atoms with van der Waals surface area (Å²) in [5.41, 5.74) is 0. The third kappa shape index (κ3) is 4.16. The van der Waals surface area contributed by atoms with E-state index < -0.39 is 12.0 Å². The lowest BCUT2D eigenvalue weighted by atomic mass is 10.0. The Morgan fingerprint density at radius 1 is 1.45 bits per heavy atom. The van der Waals surface area contributed by atoms with Gasteiger partial charge in [0.05, 0.1) is 12.1 Å². The fourth-order valence-corrected chi connectivity index (χ4v) is 4.28. The van der Waals surface area contributed by atoms with E-state index in [2.05, 4.69) is 22.5 Å². The van der Waals surface area contributed by atoms with Gasteiger partial charge in [-0.3, -0.25) is 4.79 Å². The third-order valence-corrected chi connectivity index (χ3v) is 5.41. The van der Waals surface area contributed by atoms with E-state index in [1.807, 2.05) is 11.8 Å². The molecule has 2 rings (SSSR count). The van der Waals surface area contributed by atoms with Gasteiger partial charge in [-0.1, -0.05) is 12.5 Å². The number of amides is 3. The molecule has 0 aromatic rings. The number of thioether (sulfide) groups is 1. The summed E-state index contributed by atoms with van der Waals surface area (Å²) in [4.78, 5) is 33.7. The van der Waals surface area contributed by atoms with Gasteiger partial charge in [0.15, 0.2) is 0 Å². The maximum atomic E-state index is 11.6. The van der Waals surface area contributed by atoms with Gasteiger partial charge in [0.25, 0.3) is 0 Å². The van der Waals surface area contributed by atoms with Gasteiger partial charge in [-0.15, -0.1) is 6.58 Å². The number of carboxylic acid groups (broad SMARTS) is 1. The number of carbonyl (C=O) groups excluding carboxylic acids is 2. The number of fused-ring (bicyclic) bond motifs is 1. The molecule has 0 spiro atoms. The monoisotopic (exact) mass is 327 g/mol. The van der Waals surface area contributed by atoms with Gasteiger partial charge in [0.1, 0.15) is 6.04 Å². The van der Waals surface area contributed by atoms with Crippen LogP contribution < -0.4 is 16.0 Å². The van der Waals surface area contributed by atoms with Crippen molar-refractivity contribution >= 4 is 29.7 Å². The minimum absolute atomic E-state index is 0.0937. The fraction of sp³-hybridized carbons (Fsp3) is 0.643. The molecule has 4 N–H and O–H groups in total. The maximum absolute atomic E-state index is 11.6. The smallest absolute Gasteiger partial charge is 0.330 e. The molecule has 8 heteroatoms. The highest BCUT2D eigenvalue weighted by molar-refractivity contribution is 8.00. The Kier molecular flexibility index (Phi) is 5.70. The van der Waals surface area contributed by atoms with Gasteiger partial charge < -0.3 is 21.1 Å². The van der Waals surface area contributed by atoms with Crippen molar-refractivity contribution in [1.29, 1.82) is 0 Å². The topological polar surface area (TPSA) is 108 Å². The Hall–Kier alpha value is -1.70. The van der Waals surface area contributed by atoms with Crippen molar-refractivity contribution in [3.8, 4) is 0 Å². The molecule has 2 heterocycles. The molecule has 0 bridgehead atoms. The Morgan fingerprint density at radius 2 is 2.23 bits per heavy atom. The van der Waals surface area contributed by atoms with Crippen LogP contribution in [0.3, 0.4) is 0 Å². The van der Waals surface area contributed by atoms with Gasteiger partial charge in [0.2, 0.25) is 5.91 Å². The minimum atomic E-state index is -1.11. The molecule has 122 valence electrons. The highest BCUT2D eigenvalue weighted by atomic mass is 32.2. The first-order valence-corrected chi connectivity index (χ1v) is 8.39. The average Bonchev–Trinajstić information content (AvgIpc) is 3.00. The van der Waals surface area contributed by atoms with Crippen molar-refractivity contribution in [1.82, 2.24) is 16.0 Å². The van der Waals surface area contributed by atoms with Crippen LogP contribution in [0.25, 0.3) is 0 Å². The van der Waals surface area contributed by atoms with Crippen LogP contribution >= 0.6 is 11.8 Å². The van der Waals surface area contributed by atoms with Crippen LogP contribution in [0.1, 0.15) is 25.7 Å². The Bertz CT molecular complexity index is 471. The number of unbranched alkanes of at least 4 members (excludes halogenated alkanes) is 1. The molecule has 3 amide bonds. The van der Waals surface area contributed by atoms with Crippen LogP contribution in [-0.2, 0) is 9.59 Å². The van der Waals surface area contributed by atoms with Gasteiger partial charge in [-0.25, -0.2) is 9.59 Å². The predicted molar refractivity (Wildman–Crippen MR) is 83.7 cm³/mol. The lowest BCUT2D eigenvalue weighted by Crippen LogP contribution is -2.39.